The van der Waals surface area contributed by atoms with Crippen LogP contribution in [-0.2, 0) is 11.2 Å². The number of nitrogens with zero attached hydrogens (tertiary/aromatic N) is 1. The van der Waals surface area contributed by atoms with Crippen LogP contribution in [0.2, 0.25) is 0 Å². The molecule has 29 heavy (non-hydrogen) atoms. The van der Waals surface area contributed by atoms with Crippen molar-refractivity contribution in [2.24, 2.45) is 4.99 Å². The number of nitrogens with one attached hydrogen (secondary N) is 2. The Balaban J connectivity index is 1.49. The van der Waals surface area contributed by atoms with Crippen LogP contribution < -0.4 is 10.6 Å². The van der Waals surface area contributed by atoms with Crippen molar-refractivity contribution in [3.05, 3.63) is 59.7 Å². The van der Waals surface area contributed by atoms with E-state index in [1.807, 2.05) is 24.3 Å². The molecular formula is C24H29N3OS. The Labute approximate surface area is 177 Å². The third-order valence-corrected chi connectivity index (χ3v) is 6.72. The topological polar surface area (TPSA) is 53.5 Å². The highest BCUT2D eigenvalue weighted by atomic mass is 32.2. The zero-order valence-electron chi connectivity index (χ0n) is 17.0. The number of hydrogen-bond acceptors (Lipinski definition) is 4. The van der Waals surface area contributed by atoms with Gasteiger partial charge in [-0.25, -0.2) is 4.99 Å². The molecule has 1 aliphatic heterocycles. The Kier molecular flexibility index (Phi) is 6.24. The molecule has 0 aromatic heterocycles. The lowest BCUT2D eigenvalue weighted by Crippen LogP contribution is -2.40. The van der Waals surface area contributed by atoms with E-state index in [1.165, 1.54) is 31.2 Å². The molecule has 0 unspecified atom stereocenters. The molecule has 1 fully saturated rings. The molecule has 0 saturated heterocycles. The second kappa shape index (κ2) is 9.04. The van der Waals surface area contributed by atoms with Crippen LogP contribution in [0, 0.1) is 0 Å². The number of benzene rings is 2. The predicted molar refractivity (Wildman–Crippen MR) is 124 cm³/mol. The largest absolute Gasteiger partial charge is 0.361 e. The molecule has 0 atom stereocenters. The Bertz CT molecular complexity index is 901. The molecule has 5 heteroatoms. The van der Waals surface area contributed by atoms with Gasteiger partial charge >= 0.3 is 0 Å². The maximum atomic E-state index is 12.6. The number of hydrogen-bond donors (Lipinski definition) is 2. The van der Waals surface area contributed by atoms with Gasteiger partial charge in [-0.15, -0.1) is 0 Å². The molecule has 2 aliphatic rings. The molecule has 4 nitrogen and oxygen atoms in total. The SMILES string of the molecule is CCc1cccc(NC(=O)CSC2=NC3(CCCCCC3)Nc3ccccc32)c1. The number of aliphatic imine (C=N–C) groups is 1. The van der Waals surface area contributed by atoms with Crippen molar-refractivity contribution in [2.75, 3.05) is 16.4 Å². The number of fused-ring (bicyclic) bond motifs is 1. The number of anilines is 2. The van der Waals surface area contributed by atoms with Gasteiger partial charge in [0.25, 0.3) is 0 Å². The molecule has 2 aromatic carbocycles. The summed E-state index contributed by atoms with van der Waals surface area (Å²) in [6.45, 7) is 2.12. The third kappa shape index (κ3) is 4.84. The summed E-state index contributed by atoms with van der Waals surface area (Å²) >= 11 is 1.55. The molecule has 0 bridgehead atoms. The van der Waals surface area contributed by atoms with E-state index in [9.17, 15) is 4.79 Å². The van der Waals surface area contributed by atoms with Gasteiger partial charge in [0.05, 0.1) is 5.75 Å². The van der Waals surface area contributed by atoms with Crippen molar-refractivity contribution in [3.63, 3.8) is 0 Å². The number of aryl methyl sites for hydroxylation is 1. The van der Waals surface area contributed by atoms with E-state index in [0.29, 0.717) is 5.75 Å². The lowest BCUT2D eigenvalue weighted by Gasteiger charge is -2.36. The van der Waals surface area contributed by atoms with Crippen LogP contribution >= 0.6 is 11.8 Å². The lowest BCUT2D eigenvalue weighted by molar-refractivity contribution is -0.113. The first kappa shape index (κ1) is 20.0. The first-order chi connectivity index (χ1) is 14.2. The molecule has 1 spiro atoms. The first-order valence-corrected chi connectivity index (χ1v) is 11.6. The molecule has 152 valence electrons. The fourth-order valence-corrected chi connectivity index (χ4v) is 5.08. The van der Waals surface area contributed by atoms with Gasteiger partial charge in [-0.3, -0.25) is 4.79 Å². The summed E-state index contributed by atoms with van der Waals surface area (Å²) in [7, 11) is 0. The molecule has 1 saturated carbocycles. The van der Waals surface area contributed by atoms with Crippen molar-refractivity contribution in [1.29, 1.82) is 0 Å². The molecule has 2 N–H and O–H groups in total. The summed E-state index contributed by atoms with van der Waals surface area (Å²) in [5.74, 6) is 0.372. The summed E-state index contributed by atoms with van der Waals surface area (Å²) in [6.07, 6.45) is 8.03. The molecule has 0 radical (unpaired) electrons. The summed E-state index contributed by atoms with van der Waals surface area (Å²) < 4.78 is 0. The van der Waals surface area contributed by atoms with Crippen LogP contribution in [0.4, 0.5) is 11.4 Å². The van der Waals surface area contributed by atoms with Gasteiger partial charge < -0.3 is 10.6 Å². The van der Waals surface area contributed by atoms with E-state index in [1.54, 1.807) is 11.8 Å². The van der Waals surface area contributed by atoms with Crippen molar-refractivity contribution < 1.29 is 4.79 Å². The third-order valence-electron chi connectivity index (χ3n) is 5.73. The Morgan fingerprint density at radius 2 is 1.90 bits per heavy atom. The van der Waals surface area contributed by atoms with E-state index in [0.717, 1.165) is 41.2 Å². The molecular weight excluding hydrogens is 378 g/mol. The van der Waals surface area contributed by atoms with Crippen LogP contribution in [0.3, 0.4) is 0 Å². The number of thioether (sulfide) groups is 1. The average molecular weight is 408 g/mol. The highest BCUT2D eigenvalue weighted by Crippen LogP contribution is 2.38. The summed E-state index contributed by atoms with van der Waals surface area (Å²) in [5.41, 5.74) is 4.13. The quantitative estimate of drug-likeness (QED) is 0.669. The van der Waals surface area contributed by atoms with Gasteiger partial charge in [-0.1, -0.05) is 61.9 Å². The number of para-hydroxylation sites is 1. The van der Waals surface area contributed by atoms with E-state index in [2.05, 4.69) is 41.8 Å². The van der Waals surface area contributed by atoms with E-state index < -0.39 is 0 Å². The molecule has 1 aliphatic carbocycles. The first-order valence-electron chi connectivity index (χ1n) is 10.7. The van der Waals surface area contributed by atoms with Gasteiger partial charge in [0, 0.05) is 16.9 Å². The lowest BCUT2D eigenvalue weighted by atomic mass is 9.97. The summed E-state index contributed by atoms with van der Waals surface area (Å²) in [6, 6.07) is 16.4. The fourth-order valence-electron chi connectivity index (χ4n) is 4.17. The zero-order valence-corrected chi connectivity index (χ0v) is 17.9. The van der Waals surface area contributed by atoms with Crippen molar-refractivity contribution in [1.82, 2.24) is 0 Å². The monoisotopic (exact) mass is 407 g/mol. The average Bonchev–Trinajstić information content (AvgIpc) is 2.97. The van der Waals surface area contributed by atoms with Crippen LogP contribution in [0.1, 0.15) is 56.6 Å². The second-order valence-electron chi connectivity index (χ2n) is 7.92. The van der Waals surface area contributed by atoms with Gasteiger partial charge in [0.2, 0.25) is 5.91 Å². The minimum absolute atomic E-state index is 0.0110. The fraction of sp³-hybridized carbons (Fsp3) is 0.417. The Morgan fingerprint density at radius 1 is 1.10 bits per heavy atom. The van der Waals surface area contributed by atoms with Crippen molar-refractivity contribution in [3.8, 4) is 0 Å². The summed E-state index contributed by atoms with van der Waals surface area (Å²) in [5, 5.41) is 7.74. The highest BCUT2D eigenvalue weighted by molar-refractivity contribution is 8.15. The maximum Gasteiger partial charge on any atom is 0.234 e. The number of amides is 1. The van der Waals surface area contributed by atoms with Crippen LogP contribution in [0.15, 0.2) is 53.5 Å². The van der Waals surface area contributed by atoms with Crippen LogP contribution in [-0.4, -0.2) is 22.4 Å². The van der Waals surface area contributed by atoms with E-state index in [4.69, 9.17) is 4.99 Å². The second-order valence-corrected chi connectivity index (χ2v) is 8.89. The highest BCUT2D eigenvalue weighted by Gasteiger charge is 2.35. The van der Waals surface area contributed by atoms with E-state index in [-0.39, 0.29) is 11.6 Å². The molecule has 2 aromatic rings. The van der Waals surface area contributed by atoms with Gasteiger partial charge in [-0.05, 0) is 55.9 Å². The van der Waals surface area contributed by atoms with Crippen LogP contribution in [0.5, 0.6) is 0 Å². The normalized spacial score (nSPS) is 17.6. The van der Waals surface area contributed by atoms with Gasteiger partial charge in [0.1, 0.15) is 10.7 Å². The van der Waals surface area contributed by atoms with Gasteiger partial charge in [0.15, 0.2) is 0 Å². The van der Waals surface area contributed by atoms with Crippen LogP contribution in [0.25, 0.3) is 0 Å². The Hall–Kier alpha value is -2.27. The van der Waals surface area contributed by atoms with Crippen molar-refractivity contribution in [2.45, 2.75) is 57.5 Å². The van der Waals surface area contributed by atoms with Crippen molar-refractivity contribution >= 4 is 34.1 Å². The smallest absolute Gasteiger partial charge is 0.234 e. The number of rotatable bonds is 4. The molecule has 4 rings (SSSR count). The minimum atomic E-state index is -0.209. The maximum absolute atomic E-state index is 12.6. The van der Waals surface area contributed by atoms with Gasteiger partial charge in [-0.2, -0.15) is 0 Å². The number of carbonyl (C=O) groups is 1. The standard InChI is InChI=1S/C24H29N3OS/c1-2-18-10-9-11-19(16-18)25-22(28)17-29-23-20-12-5-6-13-21(20)26-24(27-23)14-7-3-4-8-15-24/h5-6,9-13,16,26H,2-4,7-8,14-15,17H2,1H3,(H,25,28). The predicted octanol–water partition coefficient (Wildman–Crippen LogP) is 5.84. The summed E-state index contributed by atoms with van der Waals surface area (Å²) in [4.78, 5) is 17.8. The Morgan fingerprint density at radius 3 is 2.69 bits per heavy atom. The molecule has 1 amide bonds. The zero-order chi connectivity index (χ0) is 20.1. The van der Waals surface area contributed by atoms with E-state index >= 15 is 0 Å². The minimum Gasteiger partial charge on any atom is -0.361 e. The number of carbonyl (C=O) groups excluding carboxylic acids is 1. The molecule has 1 heterocycles.